The average Bonchev–Trinajstić information content (AvgIpc) is 2.61. The molecule has 0 aliphatic rings. The summed E-state index contributed by atoms with van der Waals surface area (Å²) in [4.78, 5) is 5.80. The fourth-order valence-corrected chi connectivity index (χ4v) is 2.39. The molecule has 6 heteroatoms. The van der Waals surface area contributed by atoms with Gasteiger partial charge in [0.1, 0.15) is 12.1 Å². The molecule has 2 rings (SSSR count). The summed E-state index contributed by atoms with van der Waals surface area (Å²) in [5.41, 5.74) is 1.58. The van der Waals surface area contributed by atoms with Gasteiger partial charge in [0.2, 0.25) is 0 Å². The Hall–Kier alpha value is -2.47. The predicted octanol–water partition coefficient (Wildman–Crippen LogP) is 3.07. The zero-order valence-electron chi connectivity index (χ0n) is 14.8. The van der Waals surface area contributed by atoms with E-state index in [-0.39, 0.29) is 5.75 Å². The summed E-state index contributed by atoms with van der Waals surface area (Å²) in [5, 5.41) is 7.86. The van der Waals surface area contributed by atoms with E-state index in [2.05, 4.69) is 22.9 Å². The minimum absolute atomic E-state index is 0.192. The number of hydrogen-bond acceptors (Lipinski definition) is 4. The first-order chi connectivity index (χ1) is 12.1. The number of ether oxygens (including phenoxy) is 1. The molecule has 0 bridgehead atoms. The molecule has 0 radical (unpaired) electrons. The number of aryl methyl sites for hydroxylation is 1. The number of rotatable bonds is 9. The van der Waals surface area contributed by atoms with Gasteiger partial charge in [-0.3, -0.25) is 10.3 Å². The molecule has 2 aromatic rings. The van der Waals surface area contributed by atoms with Crippen LogP contribution in [-0.4, -0.2) is 40.7 Å². The lowest BCUT2D eigenvalue weighted by Gasteiger charge is -2.19. The van der Waals surface area contributed by atoms with Crippen LogP contribution in [-0.2, 0) is 0 Å². The van der Waals surface area contributed by atoms with Crippen LogP contribution >= 0.6 is 0 Å². The van der Waals surface area contributed by atoms with Crippen LogP contribution < -0.4 is 10.2 Å². The minimum Gasteiger partial charge on any atom is -0.487 e. The summed E-state index contributed by atoms with van der Waals surface area (Å²) in [6.45, 7) is 7.02. The van der Waals surface area contributed by atoms with Crippen LogP contribution in [0.5, 0.6) is 5.75 Å². The van der Waals surface area contributed by atoms with Gasteiger partial charge >= 0.3 is 0 Å². The summed E-state index contributed by atoms with van der Waals surface area (Å²) in [7, 11) is 0. The van der Waals surface area contributed by atoms with Crippen LogP contribution in [0.25, 0.3) is 6.20 Å². The Kier molecular flexibility index (Phi) is 7.35. The smallest absolute Gasteiger partial charge is 0.255 e. The number of likely N-dealkylation sites (N-methyl/N-ethyl adjacent to an activating group) is 1. The van der Waals surface area contributed by atoms with Gasteiger partial charge < -0.3 is 9.30 Å². The SMILES string of the molecule is CCN(CC/C=C/n1cc(C)ccc1=N)CCOc1cccnc1F. The molecule has 2 aromatic heterocycles. The molecule has 0 aliphatic carbocycles. The molecule has 134 valence electrons. The molecule has 0 aromatic carbocycles. The summed E-state index contributed by atoms with van der Waals surface area (Å²) in [6, 6.07) is 6.95. The van der Waals surface area contributed by atoms with Crippen molar-refractivity contribution in [2.75, 3.05) is 26.2 Å². The van der Waals surface area contributed by atoms with Gasteiger partial charge in [-0.15, -0.1) is 0 Å². The third kappa shape index (κ3) is 6.15. The topological polar surface area (TPSA) is 54.1 Å². The molecule has 25 heavy (non-hydrogen) atoms. The Morgan fingerprint density at radius 1 is 1.32 bits per heavy atom. The number of hydrogen-bond donors (Lipinski definition) is 1. The van der Waals surface area contributed by atoms with E-state index in [1.54, 1.807) is 22.8 Å². The normalized spacial score (nSPS) is 11.4. The van der Waals surface area contributed by atoms with E-state index in [9.17, 15) is 4.39 Å². The zero-order chi connectivity index (χ0) is 18.1. The maximum Gasteiger partial charge on any atom is 0.255 e. The van der Waals surface area contributed by atoms with Crippen molar-refractivity contribution in [3.05, 3.63) is 59.7 Å². The molecule has 0 saturated carbocycles. The quantitative estimate of drug-likeness (QED) is 0.711. The van der Waals surface area contributed by atoms with Crippen LogP contribution in [0.3, 0.4) is 0 Å². The number of nitrogens with zero attached hydrogens (tertiary/aromatic N) is 3. The number of aromatic nitrogens is 2. The molecule has 5 nitrogen and oxygen atoms in total. The van der Waals surface area contributed by atoms with Crippen LogP contribution in [0.2, 0.25) is 0 Å². The second kappa shape index (κ2) is 9.74. The van der Waals surface area contributed by atoms with Gasteiger partial charge in [-0.2, -0.15) is 4.39 Å². The molecule has 0 fully saturated rings. The summed E-state index contributed by atoms with van der Waals surface area (Å²) in [6.07, 6.45) is 8.19. The Bertz CT molecular complexity index is 757. The van der Waals surface area contributed by atoms with Crippen LogP contribution in [0.1, 0.15) is 18.9 Å². The highest BCUT2D eigenvalue weighted by Gasteiger charge is 2.05. The summed E-state index contributed by atoms with van der Waals surface area (Å²) < 4.78 is 20.6. The fourth-order valence-electron chi connectivity index (χ4n) is 2.39. The van der Waals surface area contributed by atoms with Crippen molar-refractivity contribution in [1.29, 1.82) is 5.41 Å². The van der Waals surface area contributed by atoms with E-state index in [1.807, 2.05) is 25.4 Å². The molecule has 2 heterocycles. The molecule has 0 aliphatic heterocycles. The highest BCUT2D eigenvalue weighted by Crippen LogP contribution is 2.12. The maximum atomic E-state index is 13.4. The van der Waals surface area contributed by atoms with Crippen LogP contribution in [0, 0.1) is 18.3 Å². The van der Waals surface area contributed by atoms with Gasteiger partial charge in [-0.25, -0.2) is 4.98 Å². The highest BCUT2D eigenvalue weighted by molar-refractivity contribution is 5.24. The lowest BCUT2D eigenvalue weighted by molar-refractivity contribution is 0.212. The molecule has 0 unspecified atom stereocenters. The van der Waals surface area contributed by atoms with Crippen LogP contribution in [0.4, 0.5) is 4.39 Å². The van der Waals surface area contributed by atoms with Gasteiger partial charge in [0, 0.05) is 31.7 Å². The molecule has 1 N–H and O–H groups in total. The lowest BCUT2D eigenvalue weighted by Crippen LogP contribution is -2.29. The molecule has 0 saturated heterocycles. The van der Waals surface area contributed by atoms with Crippen molar-refractivity contribution in [2.24, 2.45) is 0 Å². The Balaban J connectivity index is 1.76. The Morgan fingerprint density at radius 3 is 2.92 bits per heavy atom. The number of nitrogens with one attached hydrogen (secondary N) is 1. The fraction of sp³-hybridized carbons (Fsp3) is 0.368. The second-order valence-electron chi connectivity index (χ2n) is 5.75. The monoisotopic (exact) mass is 344 g/mol. The van der Waals surface area contributed by atoms with Crippen molar-refractivity contribution in [1.82, 2.24) is 14.5 Å². The molecular formula is C19H25FN4O. The van der Waals surface area contributed by atoms with E-state index in [0.29, 0.717) is 12.1 Å². The largest absolute Gasteiger partial charge is 0.487 e. The van der Waals surface area contributed by atoms with Crippen molar-refractivity contribution < 1.29 is 9.13 Å². The van der Waals surface area contributed by atoms with Gasteiger partial charge in [0.15, 0.2) is 5.75 Å². The number of halogens is 1. The van der Waals surface area contributed by atoms with E-state index in [4.69, 9.17) is 10.1 Å². The van der Waals surface area contributed by atoms with E-state index >= 15 is 0 Å². The lowest BCUT2D eigenvalue weighted by atomic mass is 10.3. The Labute approximate surface area is 147 Å². The van der Waals surface area contributed by atoms with Crippen molar-refractivity contribution in [2.45, 2.75) is 20.3 Å². The van der Waals surface area contributed by atoms with Crippen molar-refractivity contribution in [3.63, 3.8) is 0 Å². The van der Waals surface area contributed by atoms with Gasteiger partial charge in [0.25, 0.3) is 5.95 Å². The minimum atomic E-state index is -0.574. The van der Waals surface area contributed by atoms with Crippen LogP contribution in [0.15, 0.2) is 42.7 Å². The summed E-state index contributed by atoms with van der Waals surface area (Å²) >= 11 is 0. The third-order valence-electron chi connectivity index (χ3n) is 3.84. The molecular weight excluding hydrogens is 319 g/mol. The van der Waals surface area contributed by atoms with E-state index < -0.39 is 5.95 Å². The van der Waals surface area contributed by atoms with Gasteiger partial charge in [0.05, 0.1) is 0 Å². The van der Waals surface area contributed by atoms with Crippen molar-refractivity contribution >= 4 is 6.20 Å². The first-order valence-corrected chi connectivity index (χ1v) is 8.46. The zero-order valence-corrected chi connectivity index (χ0v) is 14.8. The average molecular weight is 344 g/mol. The van der Waals surface area contributed by atoms with Crippen molar-refractivity contribution in [3.8, 4) is 5.75 Å². The summed E-state index contributed by atoms with van der Waals surface area (Å²) in [5.74, 6) is -0.382. The first kappa shape index (κ1) is 18.9. The van der Waals surface area contributed by atoms with Gasteiger partial charge in [-0.1, -0.05) is 19.1 Å². The molecule has 0 atom stereocenters. The number of pyridine rings is 2. The molecule has 0 amide bonds. The van der Waals surface area contributed by atoms with E-state index in [0.717, 1.165) is 31.6 Å². The third-order valence-corrected chi connectivity index (χ3v) is 3.84. The second-order valence-corrected chi connectivity index (χ2v) is 5.75. The molecule has 0 spiro atoms. The first-order valence-electron chi connectivity index (χ1n) is 8.46. The predicted molar refractivity (Wildman–Crippen MR) is 96.8 cm³/mol. The Morgan fingerprint density at radius 2 is 2.16 bits per heavy atom. The standard InChI is InChI=1S/C19H25FN4O/c1-3-23(13-14-25-17-7-6-10-22-19(17)20)11-4-5-12-24-15-16(2)8-9-18(24)21/h5-10,12,15,21H,3-4,11,13-14H2,1-2H3/b12-5+,21-18?. The highest BCUT2D eigenvalue weighted by atomic mass is 19.1. The maximum absolute atomic E-state index is 13.4. The van der Waals surface area contributed by atoms with Gasteiger partial charge in [-0.05, 0) is 43.7 Å². The van der Waals surface area contributed by atoms with E-state index in [1.165, 1.54) is 6.20 Å².